The Morgan fingerprint density at radius 3 is 2.69 bits per heavy atom. The second kappa shape index (κ2) is 4.77. The Labute approximate surface area is 86.5 Å². The van der Waals surface area contributed by atoms with Gasteiger partial charge in [0.2, 0.25) is 0 Å². The molecule has 0 aromatic carbocycles. The summed E-state index contributed by atoms with van der Waals surface area (Å²) >= 11 is 11.4. The van der Waals surface area contributed by atoms with E-state index in [4.69, 9.17) is 34.0 Å². The van der Waals surface area contributed by atoms with Crippen LogP contribution in [0.25, 0.3) is 0 Å². The average Bonchev–Trinajstić information content (AvgIpc) is 2.04. The number of nitrogens with zero attached hydrogens (tertiary/aromatic N) is 1. The largest absolute Gasteiger partial charge is 0.396 e. The molecule has 0 aliphatic heterocycles. The third kappa shape index (κ3) is 2.81. The number of nitrogens with two attached hydrogens (primary N) is 1. The predicted molar refractivity (Wildman–Crippen MR) is 52.9 cm³/mol. The molecule has 0 aliphatic carbocycles. The first-order valence-corrected chi connectivity index (χ1v) is 4.59. The number of aromatic nitrogens is 1. The van der Waals surface area contributed by atoms with Gasteiger partial charge in [0.15, 0.2) is 0 Å². The topological polar surface area (TPSA) is 59.1 Å². The SMILES string of the molecule is N[C@@H](CCO)c1ccc(Cl)nc1Cl. The third-order valence-corrected chi connectivity index (χ3v) is 2.20. The summed E-state index contributed by atoms with van der Waals surface area (Å²) in [6.45, 7) is 0.0279. The van der Waals surface area contributed by atoms with Crippen molar-refractivity contribution < 1.29 is 5.11 Å². The fourth-order valence-corrected chi connectivity index (χ4v) is 1.48. The molecule has 0 amide bonds. The zero-order valence-electron chi connectivity index (χ0n) is 6.87. The third-order valence-electron chi connectivity index (χ3n) is 1.68. The van der Waals surface area contributed by atoms with Crippen LogP contribution in [-0.2, 0) is 0 Å². The number of pyridine rings is 1. The molecule has 0 aliphatic rings. The molecule has 0 saturated carbocycles. The van der Waals surface area contributed by atoms with Gasteiger partial charge in [-0.15, -0.1) is 0 Å². The molecule has 0 radical (unpaired) electrons. The number of halogens is 2. The van der Waals surface area contributed by atoms with E-state index in [2.05, 4.69) is 4.98 Å². The number of aliphatic hydroxyl groups is 1. The van der Waals surface area contributed by atoms with E-state index in [1.54, 1.807) is 12.1 Å². The minimum atomic E-state index is -0.290. The van der Waals surface area contributed by atoms with Crippen LogP contribution in [0, 0.1) is 0 Å². The first-order chi connectivity index (χ1) is 6.15. The lowest BCUT2D eigenvalue weighted by atomic mass is 10.1. The highest BCUT2D eigenvalue weighted by Gasteiger charge is 2.10. The van der Waals surface area contributed by atoms with Gasteiger partial charge in [-0.1, -0.05) is 29.3 Å². The van der Waals surface area contributed by atoms with Gasteiger partial charge < -0.3 is 10.8 Å². The summed E-state index contributed by atoms with van der Waals surface area (Å²) in [7, 11) is 0. The van der Waals surface area contributed by atoms with Gasteiger partial charge in [-0.2, -0.15) is 0 Å². The first kappa shape index (κ1) is 10.7. The van der Waals surface area contributed by atoms with Crippen LogP contribution in [-0.4, -0.2) is 16.7 Å². The van der Waals surface area contributed by atoms with E-state index in [1.165, 1.54) is 0 Å². The lowest BCUT2D eigenvalue weighted by Gasteiger charge is -2.11. The lowest BCUT2D eigenvalue weighted by Crippen LogP contribution is -2.12. The summed E-state index contributed by atoms with van der Waals surface area (Å²) in [5.41, 5.74) is 6.44. The van der Waals surface area contributed by atoms with Crippen molar-refractivity contribution in [3.8, 4) is 0 Å². The molecule has 5 heteroatoms. The Kier molecular flexibility index (Phi) is 3.93. The normalized spacial score (nSPS) is 12.9. The highest BCUT2D eigenvalue weighted by molar-refractivity contribution is 6.32. The molecule has 0 bridgehead atoms. The van der Waals surface area contributed by atoms with Gasteiger partial charge in [-0.25, -0.2) is 4.98 Å². The van der Waals surface area contributed by atoms with Crippen molar-refractivity contribution >= 4 is 23.2 Å². The van der Waals surface area contributed by atoms with E-state index in [9.17, 15) is 0 Å². The molecule has 0 fully saturated rings. The van der Waals surface area contributed by atoms with E-state index in [-0.39, 0.29) is 12.6 Å². The summed E-state index contributed by atoms with van der Waals surface area (Å²) in [5, 5.41) is 9.31. The van der Waals surface area contributed by atoms with Gasteiger partial charge >= 0.3 is 0 Å². The summed E-state index contributed by atoms with van der Waals surface area (Å²) < 4.78 is 0. The molecule has 0 unspecified atom stereocenters. The first-order valence-electron chi connectivity index (χ1n) is 3.83. The Balaban J connectivity index is 2.88. The molecule has 0 saturated heterocycles. The van der Waals surface area contributed by atoms with Crippen LogP contribution in [0.3, 0.4) is 0 Å². The molecule has 1 atom stereocenters. The van der Waals surface area contributed by atoms with Crippen LogP contribution in [0.5, 0.6) is 0 Å². The highest BCUT2D eigenvalue weighted by Crippen LogP contribution is 2.23. The molecule has 1 aromatic rings. The minimum Gasteiger partial charge on any atom is -0.396 e. The van der Waals surface area contributed by atoms with Crippen LogP contribution >= 0.6 is 23.2 Å². The smallest absolute Gasteiger partial charge is 0.135 e. The Hall–Kier alpha value is -0.350. The van der Waals surface area contributed by atoms with Crippen molar-refractivity contribution in [2.75, 3.05) is 6.61 Å². The maximum atomic E-state index is 8.67. The van der Waals surface area contributed by atoms with Crippen molar-refractivity contribution in [1.29, 1.82) is 0 Å². The van der Waals surface area contributed by atoms with Crippen LogP contribution in [0.1, 0.15) is 18.0 Å². The van der Waals surface area contributed by atoms with E-state index in [1.807, 2.05) is 0 Å². The maximum absolute atomic E-state index is 8.67. The van der Waals surface area contributed by atoms with Gasteiger partial charge in [0.25, 0.3) is 0 Å². The van der Waals surface area contributed by atoms with E-state index in [0.717, 1.165) is 0 Å². The molecule has 72 valence electrons. The van der Waals surface area contributed by atoms with Crippen molar-refractivity contribution in [3.63, 3.8) is 0 Å². The Morgan fingerprint density at radius 2 is 2.15 bits per heavy atom. The summed E-state index contributed by atoms with van der Waals surface area (Å²) in [5.74, 6) is 0. The van der Waals surface area contributed by atoms with Gasteiger partial charge in [-0.3, -0.25) is 0 Å². The van der Waals surface area contributed by atoms with Crippen LogP contribution in [0.2, 0.25) is 10.3 Å². The molecule has 1 rings (SSSR count). The monoisotopic (exact) mass is 220 g/mol. The Morgan fingerprint density at radius 1 is 1.46 bits per heavy atom. The van der Waals surface area contributed by atoms with Crippen LogP contribution in [0.15, 0.2) is 12.1 Å². The molecule has 3 N–H and O–H groups in total. The van der Waals surface area contributed by atoms with Gasteiger partial charge in [-0.05, 0) is 12.5 Å². The molecule has 0 spiro atoms. The van der Waals surface area contributed by atoms with Gasteiger partial charge in [0.1, 0.15) is 10.3 Å². The summed E-state index contributed by atoms with van der Waals surface area (Å²) in [6, 6.07) is 3.06. The second-order valence-electron chi connectivity index (χ2n) is 2.63. The fourth-order valence-electron chi connectivity index (χ4n) is 0.994. The summed E-state index contributed by atoms with van der Waals surface area (Å²) in [6.07, 6.45) is 0.461. The number of aliphatic hydroxyl groups excluding tert-OH is 1. The zero-order valence-corrected chi connectivity index (χ0v) is 8.39. The van der Waals surface area contributed by atoms with Crippen LogP contribution in [0.4, 0.5) is 0 Å². The second-order valence-corrected chi connectivity index (χ2v) is 3.38. The van der Waals surface area contributed by atoms with Crippen molar-refractivity contribution in [1.82, 2.24) is 4.98 Å². The van der Waals surface area contributed by atoms with Crippen molar-refractivity contribution in [3.05, 3.63) is 28.0 Å². The van der Waals surface area contributed by atoms with E-state index < -0.39 is 0 Å². The van der Waals surface area contributed by atoms with E-state index >= 15 is 0 Å². The highest BCUT2D eigenvalue weighted by atomic mass is 35.5. The molecule has 13 heavy (non-hydrogen) atoms. The molecular weight excluding hydrogens is 211 g/mol. The standard InChI is InChI=1S/C8H10Cl2N2O/c9-7-2-1-5(8(10)12-7)6(11)3-4-13/h1-2,6,13H,3-4,11H2/t6-/m0/s1. The van der Waals surface area contributed by atoms with Crippen molar-refractivity contribution in [2.45, 2.75) is 12.5 Å². The average molecular weight is 221 g/mol. The maximum Gasteiger partial charge on any atom is 0.135 e. The molecule has 1 heterocycles. The molecule has 3 nitrogen and oxygen atoms in total. The summed E-state index contributed by atoms with van der Waals surface area (Å²) in [4.78, 5) is 3.85. The molecule has 1 aromatic heterocycles. The number of hydrogen-bond acceptors (Lipinski definition) is 3. The van der Waals surface area contributed by atoms with Crippen LogP contribution < -0.4 is 5.73 Å². The fraction of sp³-hybridized carbons (Fsp3) is 0.375. The molecular formula is C8H10Cl2N2O. The Bertz CT molecular complexity index is 293. The number of rotatable bonds is 3. The minimum absolute atomic E-state index is 0.0279. The predicted octanol–water partition coefficient (Wildman–Crippen LogP) is 1.77. The quantitative estimate of drug-likeness (QED) is 0.764. The van der Waals surface area contributed by atoms with Gasteiger partial charge in [0.05, 0.1) is 0 Å². The van der Waals surface area contributed by atoms with Crippen molar-refractivity contribution in [2.24, 2.45) is 5.73 Å². The zero-order chi connectivity index (χ0) is 9.84. The van der Waals surface area contributed by atoms with Gasteiger partial charge in [0, 0.05) is 18.2 Å². The van der Waals surface area contributed by atoms with E-state index in [0.29, 0.717) is 22.3 Å². The lowest BCUT2D eigenvalue weighted by molar-refractivity contribution is 0.276. The number of hydrogen-bond donors (Lipinski definition) is 2.